The Hall–Kier alpha value is -2.35. The lowest BCUT2D eigenvalue weighted by atomic mass is 9.92. The third-order valence-corrected chi connectivity index (χ3v) is 5.19. The molecule has 29 heavy (non-hydrogen) atoms. The van der Waals surface area contributed by atoms with Crippen molar-refractivity contribution >= 4 is 5.97 Å². The Kier molecular flexibility index (Phi) is 9.18. The first kappa shape index (κ1) is 22.9. The van der Waals surface area contributed by atoms with Gasteiger partial charge in [0, 0.05) is 0 Å². The lowest BCUT2D eigenvalue weighted by Crippen LogP contribution is -2.11. The summed E-state index contributed by atoms with van der Waals surface area (Å²) in [5.74, 6) is 0.958. The highest BCUT2D eigenvalue weighted by Gasteiger charge is 2.10. The van der Waals surface area contributed by atoms with Crippen molar-refractivity contribution in [3.63, 3.8) is 0 Å². The normalized spacial score (nSPS) is 13.1. The minimum Gasteiger partial charge on any atom is -0.461 e. The molecule has 0 aliphatic carbocycles. The molecule has 0 spiro atoms. The molecule has 0 aliphatic rings. The highest BCUT2D eigenvalue weighted by molar-refractivity contribution is 5.71. The van der Waals surface area contributed by atoms with Crippen molar-refractivity contribution < 1.29 is 9.53 Å². The molecule has 2 aromatic rings. The van der Waals surface area contributed by atoms with E-state index in [1.54, 1.807) is 0 Å². The summed E-state index contributed by atoms with van der Waals surface area (Å²) in [7, 11) is 0. The van der Waals surface area contributed by atoms with E-state index in [1.807, 2.05) is 26.0 Å². The van der Waals surface area contributed by atoms with Crippen molar-refractivity contribution in [3.05, 3.63) is 83.4 Å². The lowest BCUT2D eigenvalue weighted by molar-refractivity contribution is -0.148. The van der Waals surface area contributed by atoms with Gasteiger partial charge in [-0.05, 0) is 59.8 Å². The zero-order valence-corrected chi connectivity index (χ0v) is 18.5. The second-order valence-electron chi connectivity index (χ2n) is 8.75. The van der Waals surface area contributed by atoms with Crippen LogP contribution in [0.4, 0.5) is 0 Å². The molecule has 2 rings (SSSR count). The second kappa shape index (κ2) is 11.6. The van der Waals surface area contributed by atoms with Gasteiger partial charge in [0.2, 0.25) is 0 Å². The summed E-state index contributed by atoms with van der Waals surface area (Å²) in [4.78, 5) is 11.7. The van der Waals surface area contributed by atoms with Crippen LogP contribution in [0.1, 0.15) is 56.4 Å². The first-order valence-electron chi connectivity index (χ1n) is 10.8. The third-order valence-electron chi connectivity index (χ3n) is 5.19. The van der Waals surface area contributed by atoms with Gasteiger partial charge in [-0.2, -0.15) is 0 Å². The maximum Gasteiger partial charge on any atom is 0.308 e. The molecule has 0 amide bonds. The fourth-order valence-corrected chi connectivity index (χ4v) is 3.63. The van der Waals surface area contributed by atoms with Crippen LogP contribution >= 0.6 is 0 Å². The van der Waals surface area contributed by atoms with Gasteiger partial charge in [-0.3, -0.25) is 4.79 Å². The van der Waals surface area contributed by atoms with Crippen LogP contribution in [-0.4, -0.2) is 5.97 Å². The Bertz CT molecular complexity index is 773. The van der Waals surface area contributed by atoms with E-state index in [9.17, 15) is 4.79 Å². The lowest BCUT2D eigenvalue weighted by Gasteiger charge is -2.14. The average Bonchev–Trinajstić information content (AvgIpc) is 2.68. The van der Waals surface area contributed by atoms with Crippen LogP contribution < -0.4 is 0 Å². The van der Waals surface area contributed by atoms with Crippen molar-refractivity contribution in [2.45, 2.75) is 60.0 Å². The van der Waals surface area contributed by atoms with E-state index >= 15 is 0 Å². The SMILES string of the molecule is C=CCC(C)Cc1ccc(CC(C)Cc2cccc(COC(=O)C(C)C)c2)cc1. The molecule has 0 saturated heterocycles. The van der Waals surface area contributed by atoms with Gasteiger partial charge in [0.05, 0.1) is 5.92 Å². The van der Waals surface area contributed by atoms with Gasteiger partial charge in [0.25, 0.3) is 0 Å². The molecule has 2 heteroatoms. The van der Waals surface area contributed by atoms with E-state index in [-0.39, 0.29) is 11.9 Å². The number of hydrogen-bond donors (Lipinski definition) is 0. The van der Waals surface area contributed by atoms with Crippen LogP contribution in [0.3, 0.4) is 0 Å². The monoisotopic (exact) mass is 392 g/mol. The fourth-order valence-electron chi connectivity index (χ4n) is 3.63. The van der Waals surface area contributed by atoms with Crippen molar-refractivity contribution in [1.82, 2.24) is 0 Å². The Morgan fingerprint density at radius 3 is 2.00 bits per heavy atom. The molecule has 0 saturated carbocycles. The van der Waals surface area contributed by atoms with Gasteiger partial charge in [-0.1, -0.05) is 82.3 Å². The highest BCUT2D eigenvalue weighted by atomic mass is 16.5. The van der Waals surface area contributed by atoms with Crippen LogP contribution in [0.5, 0.6) is 0 Å². The summed E-state index contributed by atoms with van der Waals surface area (Å²) in [6.45, 7) is 12.5. The predicted molar refractivity (Wildman–Crippen MR) is 122 cm³/mol. The number of carbonyl (C=O) groups excluding carboxylic acids is 1. The molecule has 0 aromatic heterocycles. The molecule has 2 aromatic carbocycles. The zero-order valence-electron chi connectivity index (χ0n) is 18.5. The number of rotatable bonds is 11. The minimum atomic E-state index is -0.147. The van der Waals surface area contributed by atoms with E-state index in [0.717, 1.165) is 31.2 Å². The highest BCUT2D eigenvalue weighted by Crippen LogP contribution is 2.18. The van der Waals surface area contributed by atoms with Crippen LogP contribution in [-0.2, 0) is 35.4 Å². The van der Waals surface area contributed by atoms with E-state index in [2.05, 4.69) is 62.9 Å². The Morgan fingerprint density at radius 1 is 0.862 bits per heavy atom. The number of carbonyl (C=O) groups is 1. The molecule has 0 bridgehead atoms. The molecule has 0 fully saturated rings. The van der Waals surface area contributed by atoms with Gasteiger partial charge < -0.3 is 4.74 Å². The molecule has 2 atom stereocenters. The Labute approximate surface area is 177 Å². The van der Waals surface area contributed by atoms with Crippen molar-refractivity contribution in [3.8, 4) is 0 Å². The number of allylic oxidation sites excluding steroid dienone is 1. The van der Waals surface area contributed by atoms with Crippen LogP contribution in [0.25, 0.3) is 0 Å². The standard InChI is InChI=1S/C27H36O2/c1-6-8-21(4)15-23-11-13-24(14-12-23)16-22(5)17-25-9-7-10-26(18-25)19-29-27(28)20(2)3/h6-7,9-14,18,20-22H,1,8,15-17,19H2,2-5H3. The van der Waals surface area contributed by atoms with Crippen LogP contribution in [0, 0.1) is 17.8 Å². The molecule has 2 nitrogen and oxygen atoms in total. The molecule has 156 valence electrons. The van der Waals surface area contributed by atoms with Gasteiger partial charge >= 0.3 is 5.97 Å². The number of hydrogen-bond acceptors (Lipinski definition) is 2. The molecule has 2 unspecified atom stereocenters. The van der Waals surface area contributed by atoms with Crippen LogP contribution in [0.2, 0.25) is 0 Å². The topological polar surface area (TPSA) is 26.3 Å². The van der Waals surface area contributed by atoms with E-state index in [0.29, 0.717) is 18.4 Å². The summed E-state index contributed by atoms with van der Waals surface area (Å²) in [5, 5.41) is 0. The Balaban J connectivity index is 1.87. The van der Waals surface area contributed by atoms with Crippen molar-refractivity contribution in [2.24, 2.45) is 17.8 Å². The molecular weight excluding hydrogens is 356 g/mol. The Morgan fingerprint density at radius 2 is 1.41 bits per heavy atom. The maximum absolute atomic E-state index is 11.7. The fraction of sp³-hybridized carbons (Fsp3) is 0.444. The summed E-state index contributed by atoms with van der Waals surface area (Å²) < 4.78 is 5.35. The third kappa shape index (κ3) is 8.27. The largest absolute Gasteiger partial charge is 0.461 e. The number of benzene rings is 2. The van der Waals surface area contributed by atoms with Gasteiger partial charge in [-0.25, -0.2) is 0 Å². The molecule has 0 radical (unpaired) electrons. The van der Waals surface area contributed by atoms with Gasteiger partial charge in [-0.15, -0.1) is 6.58 Å². The second-order valence-corrected chi connectivity index (χ2v) is 8.75. The summed E-state index contributed by atoms with van der Waals surface area (Å²) in [5.41, 5.74) is 5.14. The first-order chi connectivity index (χ1) is 13.9. The predicted octanol–water partition coefficient (Wildman–Crippen LogP) is 6.56. The molecule has 0 heterocycles. The van der Waals surface area contributed by atoms with Gasteiger partial charge in [0.1, 0.15) is 6.61 Å². The van der Waals surface area contributed by atoms with Crippen molar-refractivity contribution in [1.29, 1.82) is 0 Å². The smallest absolute Gasteiger partial charge is 0.308 e. The van der Waals surface area contributed by atoms with Gasteiger partial charge in [0.15, 0.2) is 0 Å². The minimum absolute atomic E-state index is 0.0882. The maximum atomic E-state index is 11.7. The zero-order chi connectivity index (χ0) is 21.2. The summed E-state index contributed by atoms with van der Waals surface area (Å²) >= 11 is 0. The van der Waals surface area contributed by atoms with E-state index < -0.39 is 0 Å². The molecule has 0 N–H and O–H groups in total. The average molecular weight is 393 g/mol. The molecule has 0 aliphatic heterocycles. The number of ether oxygens (including phenoxy) is 1. The van der Waals surface area contributed by atoms with E-state index in [4.69, 9.17) is 4.74 Å². The first-order valence-corrected chi connectivity index (χ1v) is 10.8. The molecular formula is C27H36O2. The van der Waals surface area contributed by atoms with Crippen molar-refractivity contribution in [2.75, 3.05) is 0 Å². The van der Waals surface area contributed by atoms with Crippen LogP contribution in [0.15, 0.2) is 61.2 Å². The summed E-state index contributed by atoms with van der Waals surface area (Å²) in [6, 6.07) is 17.5. The quantitative estimate of drug-likeness (QED) is 0.320. The summed E-state index contributed by atoms with van der Waals surface area (Å²) in [6.07, 6.45) is 6.26. The number of esters is 1. The van der Waals surface area contributed by atoms with E-state index in [1.165, 1.54) is 16.7 Å².